The highest BCUT2D eigenvalue weighted by Gasteiger charge is 2.37. The van der Waals surface area contributed by atoms with Crippen molar-refractivity contribution in [2.75, 3.05) is 0 Å². The number of benzene rings is 1. The van der Waals surface area contributed by atoms with Gasteiger partial charge in [0.25, 0.3) is 6.43 Å². The molecule has 1 aromatic carbocycles. The van der Waals surface area contributed by atoms with Crippen LogP contribution in [0.1, 0.15) is 43.2 Å². The molecule has 1 aromatic rings. The Morgan fingerprint density at radius 1 is 1.33 bits per heavy atom. The van der Waals surface area contributed by atoms with Crippen molar-refractivity contribution >= 4 is 17.7 Å². The number of carbonyl (C=O) groups excluding carboxylic acids is 1. The quantitative estimate of drug-likeness (QED) is 0.592. The maximum Gasteiger partial charge on any atom is 0.263 e. The summed E-state index contributed by atoms with van der Waals surface area (Å²) in [5.41, 5.74) is -0.339. The standard InChI is InChI=1S/C13H12ClF2NO/c14-11-4-3-9(12(15)16)7-10(11)13(17-8-18)5-1-2-6-13/h3-4,7,12H,1-2,5-6H2. The van der Waals surface area contributed by atoms with Crippen LogP contribution in [-0.4, -0.2) is 6.08 Å². The molecular formula is C13H12ClF2NO. The highest BCUT2D eigenvalue weighted by molar-refractivity contribution is 6.31. The third-order valence-electron chi connectivity index (χ3n) is 3.43. The van der Waals surface area contributed by atoms with Gasteiger partial charge in [-0.3, -0.25) is 0 Å². The Bertz CT molecular complexity index is 492. The summed E-state index contributed by atoms with van der Waals surface area (Å²) in [6.07, 6.45) is 2.10. The van der Waals surface area contributed by atoms with Gasteiger partial charge in [0.15, 0.2) is 0 Å². The fourth-order valence-electron chi connectivity index (χ4n) is 2.52. The van der Waals surface area contributed by atoms with E-state index < -0.39 is 12.0 Å². The minimum absolute atomic E-state index is 0.0956. The van der Waals surface area contributed by atoms with Crippen LogP contribution in [0, 0.1) is 0 Å². The number of nitrogens with zero attached hydrogens (tertiary/aromatic N) is 1. The second-order valence-corrected chi connectivity index (χ2v) is 4.89. The summed E-state index contributed by atoms with van der Waals surface area (Å²) in [5, 5.41) is 0.375. The van der Waals surface area contributed by atoms with Gasteiger partial charge in [0, 0.05) is 10.6 Å². The fraction of sp³-hybridized carbons (Fsp3) is 0.462. The van der Waals surface area contributed by atoms with Crippen molar-refractivity contribution in [2.24, 2.45) is 4.99 Å². The molecule has 0 N–H and O–H groups in total. The number of alkyl halides is 2. The Morgan fingerprint density at radius 3 is 2.56 bits per heavy atom. The number of hydrogen-bond donors (Lipinski definition) is 0. The van der Waals surface area contributed by atoms with Gasteiger partial charge in [0.1, 0.15) is 0 Å². The lowest BCUT2D eigenvalue weighted by atomic mass is 9.88. The van der Waals surface area contributed by atoms with Crippen molar-refractivity contribution in [3.05, 3.63) is 34.3 Å². The van der Waals surface area contributed by atoms with Gasteiger partial charge in [-0.05, 0) is 30.5 Å². The zero-order valence-electron chi connectivity index (χ0n) is 9.63. The zero-order chi connectivity index (χ0) is 13.2. The van der Waals surface area contributed by atoms with Gasteiger partial charge in [0.2, 0.25) is 6.08 Å². The maximum absolute atomic E-state index is 12.7. The van der Waals surface area contributed by atoms with Crippen molar-refractivity contribution in [2.45, 2.75) is 37.6 Å². The Labute approximate surface area is 109 Å². The van der Waals surface area contributed by atoms with Crippen molar-refractivity contribution < 1.29 is 13.6 Å². The summed E-state index contributed by atoms with van der Waals surface area (Å²) in [7, 11) is 0. The smallest absolute Gasteiger partial charge is 0.211 e. The van der Waals surface area contributed by atoms with Crippen LogP contribution in [0.3, 0.4) is 0 Å². The van der Waals surface area contributed by atoms with E-state index in [1.807, 2.05) is 0 Å². The Kier molecular flexibility index (Phi) is 3.79. The molecule has 0 amide bonds. The maximum atomic E-state index is 12.7. The van der Waals surface area contributed by atoms with Gasteiger partial charge in [-0.15, -0.1) is 0 Å². The largest absolute Gasteiger partial charge is 0.263 e. The second-order valence-electron chi connectivity index (χ2n) is 4.48. The summed E-state index contributed by atoms with van der Waals surface area (Å²) in [6, 6.07) is 4.10. The van der Waals surface area contributed by atoms with Crippen LogP contribution in [0.5, 0.6) is 0 Å². The predicted molar refractivity (Wildman–Crippen MR) is 64.7 cm³/mol. The van der Waals surface area contributed by atoms with E-state index in [1.165, 1.54) is 18.2 Å². The van der Waals surface area contributed by atoms with E-state index in [2.05, 4.69) is 4.99 Å². The molecule has 0 aliphatic heterocycles. The molecule has 2 rings (SSSR count). The molecule has 0 heterocycles. The molecule has 1 saturated carbocycles. The van der Waals surface area contributed by atoms with Crippen LogP contribution in [0.4, 0.5) is 8.78 Å². The number of isocyanates is 1. The average molecular weight is 272 g/mol. The van der Waals surface area contributed by atoms with Crippen molar-refractivity contribution in [3.8, 4) is 0 Å². The average Bonchev–Trinajstić information content (AvgIpc) is 2.79. The van der Waals surface area contributed by atoms with E-state index >= 15 is 0 Å². The van der Waals surface area contributed by atoms with E-state index in [4.69, 9.17) is 11.6 Å². The predicted octanol–water partition coefficient (Wildman–Crippen LogP) is 4.38. The lowest BCUT2D eigenvalue weighted by Gasteiger charge is -2.24. The van der Waals surface area contributed by atoms with E-state index in [-0.39, 0.29) is 5.56 Å². The van der Waals surface area contributed by atoms with E-state index in [9.17, 15) is 13.6 Å². The van der Waals surface area contributed by atoms with Crippen LogP contribution in [0.15, 0.2) is 23.2 Å². The molecule has 0 atom stereocenters. The summed E-state index contributed by atoms with van der Waals surface area (Å²) in [5.74, 6) is 0. The lowest BCUT2D eigenvalue weighted by Crippen LogP contribution is -2.19. The first kappa shape index (κ1) is 13.2. The molecule has 0 bridgehead atoms. The molecular weight excluding hydrogens is 260 g/mol. The third kappa shape index (κ3) is 2.31. The molecule has 0 radical (unpaired) electrons. The van der Waals surface area contributed by atoms with Crippen molar-refractivity contribution in [1.82, 2.24) is 0 Å². The molecule has 0 spiro atoms. The minimum Gasteiger partial charge on any atom is -0.211 e. The fourth-order valence-corrected chi connectivity index (χ4v) is 2.82. The summed E-state index contributed by atoms with van der Waals surface area (Å²) in [6.45, 7) is 0. The zero-order valence-corrected chi connectivity index (χ0v) is 10.4. The molecule has 0 saturated heterocycles. The molecule has 0 aromatic heterocycles. The van der Waals surface area contributed by atoms with Gasteiger partial charge in [-0.25, -0.2) is 13.6 Å². The van der Waals surface area contributed by atoms with Crippen LogP contribution >= 0.6 is 11.6 Å². The van der Waals surface area contributed by atoms with Crippen LogP contribution < -0.4 is 0 Å². The molecule has 96 valence electrons. The van der Waals surface area contributed by atoms with Gasteiger partial charge in [0.05, 0.1) is 5.54 Å². The van der Waals surface area contributed by atoms with Gasteiger partial charge in [-0.1, -0.05) is 30.5 Å². The SMILES string of the molecule is O=C=NC1(c2cc(C(F)F)ccc2Cl)CCCC1. The van der Waals surface area contributed by atoms with Gasteiger partial charge in [-0.2, -0.15) is 4.99 Å². The molecule has 18 heavy (non-hydrogen) atoms. The van der Waals surface area contributed by atoms with Crippen LogP contribution in [0.25, 0.3) is 0 Å². The number of halogens is 3. The Hall–Kier alpha value is -1.25. The third-order valence-corrected chi connectivity index (χ3v) is 3.76. The minimum atomic E-state index is -2.56. The van der Waals surface area contributed by atoms with E-state index in [0.29, 0.717) is 23.4 Å². The monoisotopic (exact) mass is 271 g/mol. The van der Waals surface area contributed by atoms with Crippen molar-refractivity contribution in [3.63, 3.8) is 0 Å². The van der Waals surface area contributed by atoms with Gasteiger partial charge >= 0.3 is 0 Å². The number of hydrogen-bond acceptors (Lipinski definition) is 2. The molecule has 5 heteroatoms. The van der Waals surface area contributed by atoms with Gasteiger partial charge < -0.3 is 0 Å². The topological polar surface area (TPSA) is 29.4 Å². The first-order valence-electron chi connectivity index (χ1n) is 5.76. The molecule has 0 unspecified atom stereocenters. The summed E-state index contributed by atoms with van der Waals surface area (Å²) >= 11 is 6.07. The molecule has 1 fully saturated rings. The summed E-state index contributed by atoms with van der Waals surface area (Å²) in [4.78, 5) is 14.4. The Balaban J connectivity index is 2.53. The van der Waals surface area contributed by atoms with Crippen LogP contribution in [0.2, 0.25) is 5.02 Å². The second kappa shape index (κ2) is 5.17. The summed E-state index contributed by atoms with van der Waals surface area (Å²) < 4.78 is 25.5. The Morgan fingerprint density at radius 2 is 2.00 bits per heavy atom. The van der Waals surface area contributed by atoms with Crippen LogP contribution in [-0.2, 0) is 10.3 Å². The molecule has 1 aliphatic rings. The number of aliphatic imine (C=N–C) groups is 1. The lowest BCUT2D eigenvalue weighted by molar-refractivity contribution is 0.151. The molecule has 2 nitrogen and oxygen atoms in total. The van der Waals surface area contributed by atoms with E-state index in [0.717, 1.165) is 12.8 Å². The first-order valence-corrected chi connectivity index (χ1v) is 6.14. The normalized spacial score (nSPS) is 17.8. The number of rotatable bonds is 3. The first-order chi connectivity index (χ1) is 8.59. The van der Waals surface area contributed by atoms with E-state index in [1.54, 1.807) is 6.08 Å². The van der Waals surface area contributed by atoms with Crippen molar-refractivity contribution in [1.29, 1.82) is 0 Å². The highest BCUT2D eigenvalue weighted by Crippen LogP contribution is 2.45. The highest BCUT2D eigenvalue weighted by atomic mass is 35.5. The molecule has 1 aliphatic carbocycles.